The van der Waals surface area contributed by atoms with Gasteiger partial charge in [0.2, 0.25) is 0 Å². The van der Waals surface area contributed by atoms with E-state index in [1.807, 2.05) is 60.7 Å². The van der Waals surface area contributed by atoms with Crippen LogP contribution in [0.2, 0.25) is 0 Å². The molecule has 0 aliphatic rings. The van der Waals surface area contributed by atoms with E-state index < -0.39 is 0 Å². The summed E-state index contributed by atoms with van der Waals surface area (Å²) in [6, 6.07) is 16.3. The minimum Gasteiger partial charge on any atom is -0.377 e. The summed E-state index contributed by atoms with van der Waals surface area (Å²) in [5.41, 5.74) is 4.48. The van der Waals surface area contributed by atoms with E-state index in [0.29, 0.717) is 92.5 Å². The molecule has 0 unspecified atom stereocenters. The monoisotopic (exact) mass is 514 g/mol. The van der Waals surface area contributed by atoms with Crippen LogP contribution in [0.4, 0.5) is 0 Å². The minimum absolute atomic E-state index is 0.529. The van der Waals surface area contributed by atoms with Gasteiger partial charge in [-0.15, -0.1) is 0 Å². The van der Waals surface area contributed by atoms with E-state index >= 15 is 0 Å². The van der Waals surface area contributed by atoms with Crippen LogP contribution in [0.1, 0.15) is 22.3 Å². The lowest BCUT2D eigenvalue weighted by Gasteiger charge is -2.09. The first-order valence-electron chi connectivity index (χ1n) is 12.8. The Balaban J connectivity index is 1.23. The van der Waals surface area contributed by atoms with E-state index in [-0.39, 0.29) is 0 Å². The molecule has 0 aliphatic heterocycles. The van der Waals surface area contributed by atoms with Crippen molar-refractivity contribution >= 4 is 12.2 Å². The van der Waals surface area contributed by atoms with Crippen molar-refractivity contribution in [2.75, 3.05) is 79.3 Å². The van der Waals surface area contributed by atoms with E-state index in [4.69, 9.17) is 33.2 Å². The zero-order chi connectivity index (χ0) is 26.2. The van der Waals surface area contributed by atoms with Gasteiger partial charge in [0, 0.05) is 0 Å². The lowest BCUT2D eigenvalue weighted by molar-refractivity contribution is -0.0217. The summed E-state index contributed by atoms with van der Waals surface area (Å²) >= 11 is 0. The second-order valence-corrected chi connectivity index (χ2v) is 8.06. The molecule has 2 rings (SSSR count). The van der Waals surface area contributed by atoms with Gasteiger partial charge in [0.15, 0.2) is 0 Å². The third-order valence-corrected chi connectivity index (χ3v) is 5.20. The third-order valence-electron chi connectivity index (χ3n) is 5.20. The van der Waals surface area contributed by atoms with Gasteiger partial charge in [0.05, 0.1) is 92.5 Å². The number of hydrogen-bond donors (Lipinski definition) is 0. The molecule has 0 fully saturated rings. The van der Waals surface area contributed by atoms with Crippen LogP contribution in [0.3, 0.4) is 0 Å². The van der Waals surface area contributed by atoms with E-state index in [9.17, 15) is 0 Å². The summed E-state index contributed by atoms with van der Waals surface area (Å²) < 4.78 is 38.7. The Hall–Kier alpha value is -2.36. The Morgan fingerprint density at radius 1 is 0.378 bits per heavy atom. The van der Waals surface area contributed by atoms with Crippen molar-refractivity contribution < 1.29 is 33.2 Å². The maximum Gasteiger partial charge on any atom is 0.0718 e. The molecule has 0 bridgehead atoms. The molecule has 0 saturated heterocycles. The minimum atomic E-state index is 0.529. The Labute approximate surface area is 221 Å². The summed E-state index contributed by atoms with van der Waals surface area (Å²) in [4.78, 5) is 0. The van der Waals surface area contributed by atoms with Gasteiger partial charge in [0.25, 0.3) is 0 Å². The van der Waals surface area contributed by atoms with Crippen LogP contribution in [0, 0.1) is 0 Å². The molecule has 0 atom stereocenters. The molecule has 7 nitrogen and oxygen atoms in total. The largest absolute Gasteiger partial charge is 0.377 e. The molecule has 2 aromatic rings. The maximum absolute atomic E-state index is 5.60. The molecule has 0 saturated carbocycles. The first-order valence-corrected chi connectivity index (χ1v) is 12.8. The predicted molar refractivity (Wildman–Crippen MR) is 146 cm³/mol. The average molecular weight is 515 g/mol. The van der Waals surface area contributed by atoms with Gasteiger partial charge in [-0.2, -0.15) is 0 Å². The molecule has 37 heavy (non-hydrogen) atoms. The Bertz CT molecular complexity index is 751. The van der Waals surface area contributed by atoms with E-state index in [1.54, 1.807) is 0 Å². The molecule has 0 spiro atoms. The fourth-order valence-corrected chi connectivity index (χ4v) is 3.10. The van der Waals surface area contributed by atoms with Crippen LogP contribution in [0.5, 0.6) is 0 Å². The Kier molecular flexibility index (Phi) is 18.1. The SMILES string of the molecule is C=Cc1ccc(COCCOCCOCCOCCOCCOCCOCc2ccc(C=C)cc2)cc1. The summed E-state index contributed by atoms with van der Waals surface area (Å²) in [6.45, 7) is 15.1. The highest BCUT2D eigenvalue weighted by atomic mass is 16.6. The van der Waals surface area contributed by atoms with Crippen LogP contribution < -0.4 is 0 Å². The van der Waals surface area contributed by atoms with Crippen molar-refractivity contribution in [3.05, 3.63) is 83.9 Å². The molecule has 0 heterocycles. The highest BCUT2D eigenvalue weighted by Crippen LogP contribution is 2.07. The summed E-state index contributed by atoms with van der Waals surface area (Å²) in [6.07, 6.45) is 3.65. The van der Waals surface area contributed by atoms with Crippen LogP contribution in [0.25, 0.3) is 12.2 Å². The fourth-order valence-electron chi connectivity index (χ4n) is 3.10. The number of benzene rings is 2. The van der Waals surface area contributed by atoms with Gasteiger partial charge in [-0.25, -0.2) is 0 Å². The van der Waals surface area contributed by atoms with Crippen molar-refractivity contribution in [3.63, 3.8) is 0 Å². The topological polar surface area (TPSA) is 64.6 Å². The molecule has 0 aromatic heterocycles. The average Bonchev–Trinajstić information content (AvgIpc) is 2.94. The van der Waals surface area contributed by atoms with Crippen LogP contribution in [-0.2, 0) is 46.4 Å². The van der Waals surface area contributed by atoms with Crippen LogP contribution in [-0.4, -0.2) is 79.3 Å². The van der Waals surface area contributed by atoms with Crippen molar-refractivity contribution in [2.45, 2.75) is 13.2 Å². The molecule has 204 valence electrons. The predicted octanol–water partition coefficient (Wildman–Crippen LogP) is 4.79. The highest BCUT2D eigenvalue weighted by molar-refractivity contribution is 5.47. The van der Waals surface area contributed by atoms with Gasteiger partial charge in [-0.1, -0.05) is 73.8 Å². The number of hydrogen-bond acceptors (Lipinski definition) is 7. The van der Waals surface area contributed by atoms with E-state index in [0.717, 1.165) is 22.3 Å². The molecule has 7 heteroatoms. The normalized spacial score (nSPS) is 11.0. The quantitative estimate of drug-likeness (QED) is 0.187. The summed E-state index contributed by atoms with van der Waals surface area (Å²) in [7, 11) is 0. The lowest BCUT2D eigenvalue weighted by atomic mass is 10.1. The standard InChI is InChI=1S/C30H42O7/c1-3-27-5-9-29(10-6-27)25-36-23-21-34-19-17-32-15-13-31-14-16-33-18-20-35-22-24-37-26-30-11-7-28(4-2)8-12-30/h3-12H,1-2,13-26H2. The second-order valence-electron chi connectivity index (χ2n) is 8.06. The van der Waals surface area contributed by atoms with Crippen molar-refractivity contribution in [3.8, 4) is 0 Å². The lowest BCUT2D eigenvalue weighted by Crippen LogP contribution is -2.14. The fraction of sp³-hybridized carbons (Fsp3) is 0.467. The molecule has 2 aromatic carbocycles. The second kappa shape index (κ2) is 21.7. The zero-order valence-electron chi connectivity index (χ0n) is 21.9. The van der Waals surface area contributed by atoms with Crippen molar-refractivity contribution in [1.82, 2.24) is 0 Å². The number of ether oxygens (including phenoxy) is 7. The zero-order valence-corrected chi connectivity index (χ0v) is 21.9. The number of rotatable bonds is 24. The van der Waals surface area contributed by atoms with Gasteiger partial charge in [-0.05, 0) is 22.3 Å². The van der Waals surface area contributed by atoms with Gasteiger partial charge in [-0.3, -0.25) is 0 Å². The van der Waals surface area contributed by atoms with Gasteiger partial charge >= 0.3 is 0 Å². The first kappa shape index (κ1) is 30.9. The molecule has 0 radical (unpaired) electrons. The Morgan fingerprint density at radius 3 is 0.865 bits per heavy atom. The van der Waals surface area contributed by atoms with Crippen molar-refractivity contribution in [2.24, 2.45) is 0 Å². The van der Waals surface area contributed by atoms with Gasteiger partial charge in [0.1, 0.15) is 0 Å². The van der Waals surface area contributed by atoms with Crippen LogP contribution >= 0.6 is 0 Å². The van der Waals surface area contributed by atoms with E-state index in [1.165, 1.54) is 0 Å². The van der Waals surface area contributed by atoms with E-state index in [2.05, 4.69) is 13.2 Å². The molecule has 0 amide bonds. The summed E-state index contributed by atoms with van der Waals surface area (Å²) in [5.74, 6) is 0. The molecular weight excluding hydrogens is 472 g/mol. The molecule has 0 aliphatic carbocycles. The smallest absolute Gasteiger partial charge is 0.0718 e. The highest BCUT2D eigenvalue weighted by Gasteiger charge is 1.97. The molecule has 0 N–H and O–H groups in total. The maximum atomic E-state index is 5.60. The van der Waals surface area contributed by atoms with Gasteiger partial charge < -0.3 is 33.2 Å². The molecular formula is C30H42O7. The van der Waals surface area contributed by atoms with Crippen molar-refractivity contribution in [1.29, 1.82) is 0 Å². The first-order chi connectivity index (χ1) is 18.3. The summed E-state index contributed by atoms with van der Waals surface area (Å²) in [5, 5.41) is 0. The third kappa shape index (κ3) is 16.2. The Morgan fingerprint density at radius 2 is 0.622 bits per heavy atom. The van der Waals surface area contributed by atoms with Crippen LogP contribution in [0.15, 0.2) is 61.7 Å².